The molecule has 3 aromatic rings. The lowest BCUT2D eigenvalue weighted by Gasteiger charge is -2.29. The van der Waals surface area contributed by atoms with Gasteiger partial charge in [-0.05, 0) is 103 Å². The Balaban J connectivity index is 1.31. The Morgan fingerprint density at radius 1 is 0.811 bits per heavy atom. The molecule has 194 valence electrons. The number of hydrogen-bond acceptors (Lipinski definition) is 0. The van der Waals surface area contributed by atoms with Gasteiger partial charge in [-0.1, -0.05) is 65.3 Å². The smallest absolute Gasteiger partial charge is 0.205 e. The molecule has 0 nitrogen and oxygen atoms in total. The average molecular weight is 622 g/mol. The predicted molar refractivity (Wildman–Crippen MR) is 147 cm³/mol. The van der Waals surface area contributed by atoms with Crippen LogP contribution in [-0.4, -0.2) is 10.1 Å². The van der Waals surface area contributed by atoms with Crippen molar-refractivity contribution in [3.63, 3.8) is 0 Å². The Hall–Kier alpha value is -2.14. The van der Waals surface area contributed by atoms with Gasteiger partial charge >= 0.3 is 6.18 Å². The fourth-order valence-electron chi connectivity index (χ4n) is 5.90. The monoisotopic (exact) mass is 622 g/mol. The van der Waals surface area contributed by atoms with E-state index >= 15 is 0 Å². The van der Waals surface area contributed by atoms with E-state index in [1.165, 1.54) is 62.1 Å². The molecule has 0 amide bonds. The first-order valence-corrected chi connectivity index (χ1v) is 14.2. The van der Waals surface area contributed by atoms with Crippen molar-refractivity contribution < 1.29 is 22.0 Å². The van der Waals surface area contributed by atoms with Crippen LogP contribution in [0.25, 0.3) is 21.9 Å². The highest BCUT2D eigenvalue weighted by Crippen LogP contribution is 2.37. The highest BCUT2D eigenvalue weighted by molar-refractivity contribution is 14.1. The summed E-state index contributed by atoms with van der Waals surface area (Å²) >= 11 is 2.59. The quantitative estimate of drug-likeness (QED) is 0.118. The second kappa shape index (κ2) is 10.9. The Bertz CT molecular complexity index is 1360. The lowest BCUT2D eigenvalue weighted by atomic mass is 9.77. The van der Waals surface area contributed by atoms with E-state index in [0.717, 1.165) is 51.7 Å². The Morgan fingerprint density at radius 3 is 2.27 bits per heavy atom. The zero-order chi connectivity index (χ0) is 26.2. The number of halogens is 6. The molecule has 2 aliphatic rings. The molecule has 37 heavy (non-hydrogen) atoms. The third-order valence-corrected chi connectivity index (χ3v) is 9.23. The molecule has 3 aromatic carbocycles. The summed E-state index contributed by atoms with van der Waals surface area (Å²) in [4.78, 5) is 0. The van der Waals surface area contributed by atoms with Gasteiger partial charge in [-0.15, -0.1) is 0 Å². The molecule has 1 fully saturated rings. The average Bonchev–Trinajstić information content (AvgIpc) is 2.87. The van der Waals surface area contributed by atoms with Crippen LogP contribution in [-0.2, 0) is 12.8 Å². The first-order valence-electron chi connectivity index (χ1n) is 12.9. The molecule has 6 heteroatoms. The Labute approximate surface area is 228 Å². The van der Waals surface area contributed by atoms with Gasteiger partial charge in [-0.25, -0.2) is 8.78 Å². The van der Waals surface area contributed by atoms with Gasteiger partial charge in [0.1, 0.15) is 11.6 Å². The topological polar surface area (TPSA) is 0 Å². The summed E-state index contributed by atoms with van der Waals surface area (Å²) in [6, 6.07) is 12.4. The van der Waals surface area contributed by atoms with Crippen LogP contribution in [0.1, 0.15) is 61.6 Å². The fourth-order valence-corrected chi connectivity index (χ4v) is 6.62. The third-order valence-electron chi connectivity index (χ3n) is 7.99. The fraction of sp³-hybridized carbons (Fsp3) is 0.419. The van der Waals surface area contributed by atoms with Crippen molar-refractivity contribution in [2.75, 3.05) is 0 Å². The second-order valence-electron chi connectivity index (χ2n) is 10.5. The number of alkyl halides is 4. The number of benzene rings is 3. The summed E-state index contributed by atoms with van der Waals surface area (Å²) in [6.07, 6.45) is 6.63. The normalized spacial score (nSPS) is 21.8. The SMILES string of the molecule is Fc1cc2cc(-c3ccc4c(c3)CCC(CCC3CCC(I)CC3)C4)ccc2c(F)c1C#CC(F)(F)F. The lowest BCUT2D eigenvalue weighted by molar-refractivity contribution is -0.0696. The van der Waals surface area contributed by atoms with Crippen LogP contribution >= 0.6 is 22.6 Å². The first kappa shape index (κ1) is 26.5. The Kier molecular flexibility index (Phi) is 7.81. The molecule has 5 rings (SSSR count). The van der Waals surface area contributed by atoms with E-state index in [9.17, 15) is 22.0 Å². The maximum atomic E-state index is 14.8. The predicted octanol–water partition coefficient (Wildman–Crippen LogP) is 9.58. The van der Waals surface area contributed by atoms with E-state index in [1.807, 2.05) is 0 Å². The molecule has 0 spiro atoms. The van der Waals surface area contributed by atoms with Gasteiger partial charge in [0, 0.05) is 15.2 Å². The first-order chi connectivity index (χ1) is 17.7. The van der Waals surface area contributed by atoms with Crippen LogP contribution < -0.4 is 0 Å². The van der Waals surface area contributed by atoms with Crippen molar-refractivity contribution in [1.82, 2.24) is 0 Å². The van der Waals surface area contributed by atoms with Crippen molar-refractivity contribution in [1.29, 1.82) is 0 Å². The molecule has 0 saturated heterocycles. The van der Waals surface area contributed by atoms with E-state index in [1.54, 1.807) is 18.1 Å². The largest absolute Gasteiger partial charge is 0.458 e. The van der Waals surface area contributed by atoms with Gasteiger partial charge < -0.3 is 0 Å². The minimum atomic E-state index is -4.82. The van der Waals surface area contributed by atoms with E-state index < -0.39 is 23.4 Å². The highest BCUT2D eigenvalue weighted by Gasteiger charge is 2.25. The minimum absolute atomic E-state index is 0.0457. The van der Waals surface area contributed by atoms with Crippen LogP contribution in [0.2, 0.25) is 0 Å². The van der Waals surface area contributed by atoms with Crippen molar-refractivity contribution in [3.05, 3.63) is 70.8 Å². The van der Waals surface area contributed by atoms with Gasteiger partial charge in [-0.3, -0.25) is 0 Å². The zero-order valence-electron chi connectivity index (χ0n) is 20.4. The summed E-state index contributed by atoms with van der Waals surface area (Å²) in [7, 11) is 0. The summed E-state index contributed by atoms with van der Waals surface area (Å²) in [5.74, 6) is 2.01. The number of rotatable bonds is 4. The molecule has 0 aliphatic heterocycles. The van der Waals surface area contributed by atoms with Crippen molar-refractivity contribution in [3.8, 4) is 23.0 Å². The molecule has 0 heterocycles. The van der Waals surface area contributed by atoms with Gasteiger partial charge in [0.2, 0.25) is 0 Å². The van der Waals surface area contributed by atoms with E-state index in [0.29, 0.717) is 5.39 Å². The molecule has 1 atom stereocenters. The number of hydrogen-bond donors (Lipinski definition) is 0. The molecule has 0 N–H and O–H groups in total. The second-order valence-corrected chi connectivity index (χ2v) is 12.3. The number of fused-ring (bicyclic) bond motifs is 2. The van der Waals surface area contributed by atoms with Gasteiger partial charge in [0.25, 0.3) is 0 Å². The van der Waals surface area contributed by atoms with Crippen LogP contribution in [0.5, 0.6) is 0 Å². The van der Waals surface area contributed by atoms with Crippen molar-refractivity contribution in [2.45, 2.75) is 67.9 Å². The van der Waals surface area contributed by atoms with Crippen LogP contribution in [0.15, 0.2) is 42.5 Å². The summed E-state index contributed by atoms with van der Waals surface area (Å²) < 4.78 is 67.3. The highest BCUT2D eigenvalue weighted by atomic mass is 127. The standard InChI is InChI=1S/C31H28F5I/c32-29-18-25-17-24(9-12-27(25)30(33)28(29)13-14-31(34,35)36)23-8-7-21-15-20(3-6-22(21)16-23)2-1-19-4-10-26(37)11-5-19/h7-9,12,16-20,26H,1-6,10-11,15H2. The Morgan fingerprint density at radius 2 is 1.51 bits per heavy atom. The van der Waals surface area contributed by atoms with Gasteiger partial charge in [-0.2, -0.15) is 13.2 Å². The van der Waals surface area contributed by atoms with Gasteiger partial charge in [0.15, 0.2) is 0 Å². The third kappa shape index (κ3) is 6.30. The molecule has 0 radical (unpaired) electrons. The molecular weight excluding hydrogens is 594 g/mol. The zero-order valence-corrected chi connectivity index (χ0v) is 22.6. The van der Waals surface area contributed by atoms with Crippen LogP contribution in [0, 0.1) is 35.3 Å². The summed E-state index contributed by atoms with van der Waals surface area (Å²) in [5.41, 5.74) is 3.64. The van der Waals surface area contributed by atoms with E-state index in [-0.39, 0.29) is 5.39 Å². The summed E-state index contributed by atoms with van der Waals surface area (Å²) in [6.45, 7) is 0. The maximum absolute atomic E-state index is 14.8. The van der Waals surface area contributed by atoms with Crippen LogP contribution in [0.3, 0.4) is 0 Å². The maximum Gasteiger partial charge on any atom is 0.458 e. The van der Waals surface area contributed by atoms with Crippen molar-refractivity contribution >= 4 is 33.4 Å². The van der Waals surface area contributed by atoms with E-state index in [4.69, 9.17) is 0 Å². The molecule has 0 bridgehead atoms. The molecule has 1 saturated carbocycles. The minimum Gasteiger partial charge on any atom is -0.205 e. The van der Waals surface area contributed by atoms with Gasteiger partial charge in [0.05, 0.1) is 5.56 Å². The molecule has 1 unspecified atom stereocenters. The lowest BCUT2D eigenvalue weighted by Crippen LogP contribution is -2.18. The molecular formula is C31H28F5I. The summed E-state index contributed by atoms with van der Waals surface area (Å²) in [5, 5.41) is 0.337. The molecule has 0 aromatic heterocycles. The van der Waals surface area contributed by atoms with Crippen LogP contribution in [0.4, 0.5) is 22.0 Å². The van der Waals surface area contributed by atoms with E-state index in [2.05, 4.69) is 40.8 Å². The molecule has 2 aliphatic carbocycles. The van der Waals surface area contributed by atoms with Crippen molar-refractivity contribution in [2.24, 2.45) is 11.8 Å². The number of aryl methyl sites for hydroxylation is 1.